The second kappa shape index (κ2) is 14.9. The minimum Gasteiger partial charge on any atom is -0.508 e. The molecule has 3 aromatic rings. The standard InChI is InChI=1S/C36H47N3O5/c1-9-10-20-39(34(42)30(37-35(43)44-36(6,7)8)22-27-15-18-29(40)19-16-27)32(28-17-14-23(2)26(5)21-28)33(41)38-31-24(3)12-11-13-25(31)4/h11-19,21,30,32,40H,9-10,20,22H2,1-8H3,(H,37,43)(H,38,41). The van der Waals surface area contributed by atoms with Crippen LogP contribution in [0.4, 0.5) is 10.5 Å². The van der Waals surface area contributed by atoms with Gasteiger partial charge in [-0.15, -0.1) is 0 Å². The first-order valence-electron chi connectivity index (χ1n) is 15.2. The van der Waals surface area contributed by atoms with E-state index in [-0.39, 0.29) is 18.1 Å². The molecule has 0 radical (unpaired) electrons. The summed E-state index contributed by atoms with van der Waals surface area (Å²) in [4.78, 5) is 43.5. The lowest BCUT2D eigenvalue weighted by molar-refractivity contribution is -0.140. The Labute approximate surface area is 261 Å². The van der Waals surface area contributed by atoms with E-state index < -0.39 is 29.7 Å². The number of carbonyl (C=O) groups excluding carboxylic acids is 3. The highest BCUT2D eigenvalue weighted by molar-refractivity contribution is 6.00. The monoisotopic (exact) mass is 601 g/mol. The molecule has 0 aliphatic rings. The summed E-state index contributed by atoms with van der Waals surface area (Å²) in [5.41, 5.74) is 5.26. The van der Waals surface area contributed by atoms with E-state index in [0.29, 0.717) is 24.2 Å². The maximum atomic E-state index is 14.6. The van der Waals surface area contributed by atoms with Gasteiger partial charge < -0.3 is 25.4 Å². The van der Waals surface area contributed by atoms with E-state index in [0.717, 1.165) is 34.2 Å². The zero-order chi connectivity index (χ0) is 32.6. The maximum absolute atomic E-state index is 14.6. The Bertz CT molecular complexity index is 1440. The van der Waals surface area contributed by atoms with Gasteiger partial charge in [0.15, 0.2) is 0 Å². The van der Waals surface area contributed by atoms with Crippen LogP contribution in [0.3, 0.4) is 0 Å². The van der Waals surface area contributed by atoms with Crippen molar-refractivity contribution in [1.29, 1.82) is 0 Å². The molecule has 44 heavy (non-hydrogen) atoms. The molecule has 0 bridgehead atoms. The Morgan fingerprint density at radius 2 is 1.52 bits per heavy atom. The van der Waals surface area contributed by atoms with Crippen molar-refractivity contribution >= 4 is 23.6 Å². The minimum atomic E-state index is -1.03. The van der Waals surface area contributed by atoms with E-state index in [2.05, 4.69) is 10.6 Å². The number of alkyl carbamates (subject to hydrolysis) is 1. The number of ether oxygens (including phenoxy) is 1. The molecule has 3 amide bonds. The predicted octanol–water partition coefficient (Wildman–Crippen LogP) is 7.07. The molecule has 0 aromatic heterocycles. The lowest BCUT2D eigenvalue weighted by Crippen LogP contribution is -2.53. The number of phenolic OH excluding ortho intramolecular Hbond substituents is 1. The van der Waals surface area contributed by atoms with Crippen LogP contribution in [0, 0.1) is 27.7 Å². The Kier molecular flexibility index (Phi) is 11.6. The van der Waals surface area contributed by atoms with Crippen LogP contribution < -0.4 is 10.6 Å². The number of para-hydroxylation sites is 1. The number of nitrogens with zero attached hydrogens (tertiary/aromatic N) is 1. The quantitative estimate of drug-likeness (QED) is 0.218. The molecule has 8 heteroatoms. The van der Waals surface area contributed by atoms with E-state index in [1.54, 1.807) is 37.8 Å². The molecule has 0 fully saturated rings. The minimum absolute atomic E-state index is 0.0966. The molecule has 3 aromatic carbocycles. The first-order valence-corrected chi connectivity index (χ1v) is 15.2. The number of hydrogen-bond acceptors (Lipinski definition) is 5. The molecule has 0 saturated heterocycles. The lowest BCUT2D eigenvalue weighted by atomic mass is 9.96. The van der Waals surface area contributed by atoms with Gasteiger partial charge >= 0.3 is 6.09 Å². The number of unbranched alkanes of at least 4 members (excludes halogenated alkanes) is 1. The first kappa shape index (κ1) is 34.2. The smallest absolute Gasteiger partial charge is 0.408 e. The van der Waals surface area contributed by atoms with Gasteiger partial charge in [-0.3, -0.25) is 9.59 Å². The van der Waals surface area contributed by atoms with Crippen LogP contribution in [0.15, 0.2) is 60.7 Å². The summed E-state index contributed by atoms with van der Waals surface area (Å²) in [5.74, 6) is -0.646. The fourth-order valence-electron chi connectivity index (χ4n) is 5.02. The molecule has 0 saturated carbocycles. The summed E-state index contributed by atoms with van der Waals surface area (Å²) in [6, 6.07) is 16.1. The summed E-state index contributed by atoms with van der Waals surface area (Å²) >= 11 is 0. The molecule has 3 rings (SSSR count). The van der Waals surface area contributed by atoms with Crippen LogP contribution in [0.5, 0.6) is 5.75 Å². The Balaban J connectivity index is 2.12. The van der Waals surface area contributed by atoms with E-state index in [1.165, 1.54) is 12.1 Å². The van der Waals surface area contributed by atoms with Gasteiger partial charge in [-0.05, 0) is 100 Å². The van der Waals surface area contributed by atoms with Crippen LogP contribution in [0.25, 0.3) is 0 Å². The largest absolute Gasteiger partial charge is 0.508 e. The molecule has 3 N–H and O–H groups in total. The number of benzene rings is 3. The highest BCUT2D eigenvalue weighted by atomic mass is 16.6. The molecule has 0 aliphatic heterocycles. The second-order valence-electron chi connectivity index (χ2n) is 12.5. The van der Waals surface area contributed by atoms with Gasteiger partial charge in [-0.25, -0.2) is 4.79 Å². The molecular weight excluding hydrogens is 554 g/mol. The highest BCUT2D eigenvalue weighted by Gasteiger charge is 2.36. The van der Waals surface area contributed by atoms with E-state index >= 15 is 0 Å². The van der Waals surface area contributed by atoms with Gasteiger partial charge in [0.1, 0.15) is 23.4 Å². The van der Waals surface area contributed by atoms with Crippen molar-refractivity contribution in [2.24, 2.45) is 0 Å². The SMILES string of the molecule is CCCCN(C(=O)C(Cc1ccc(O)cc1)NC(=O)OC(C)(C)C)C(C(=O)Nc1c(C)cccc1C)c1ccc(C)c(C)c1. The van der Waals surface area contributed by atoms with Gasteiger partial charge in [0.05, 0.1) is 0 Å². The van der Waals surface area contributed by atoms with Crippen molar-refractivity contribution in [3.05, 3.63) is 94.0 Å². The van der Waals surface area contributed by atoms with Gasteiger partial charge in [0.2, 0.25) is 5.91 Å². The third-order valence-corrected chi connectivity index (χ3v) is 7.54. The third-order valence-electron chi connectivity index (χ3n) is 7.54. The first-order chi connectivity index (χ1) is 20.7. The fourth-order valence-corrected chi connectivity index (χ4v) is 5.02. The summed E-state index contributed by atoms with van der Waals surface area (Å²) in [6.07, 6.45) is 0.860. The van der Waals surface area contributed by atoms with Gasteiger partial charge in [0, 0.05) is 18.7 Å². The van der Waals surface area contributed by atoms with Crippen LogP contribution in [-0.2, 0) is 20.7 Å². The van der Waals surface area contributed by atoms with E-state index in [4.69, 9.17) is 4.74 Å². The van der Waals surface area contributed by atoms with E-state index in [1.807, 2.05) is 71.0 Å². The molecule has 2 unspecified atom stereocenters. The number of anilines is 1. The Morgan fingerprint density at radius 1 is 0.886 bits per heavy atom. The summed E-state index contributed by atoms with van der Waals surface area (Å²) < 4.78 is 5.52. The van der Waals surface area contributed by atoms with Crippen molar-refractivity contribution in [3.63, 3.8) is 0 Å². The number of aryl methyl sites for hydroxylation is 4. The highest BCUT2D eigenvalue weighted by Crippen LogP contribution is 2.29. The van der Waals surface area contributed by atoms with Gasteiger partial charge in [-0.2, -0.15) is 0 Å². The predicted molar refractivity (Wildman–Crippen MR) is 175 cm³/mol. The van der Waals surface area contributed by atoms with Crippen molar-refractivity contribution in [2.45, 2.75) is 92.3 Å². The number of aromatic hydroxyl groups is 1. The van der Waals surface area contributed by atoms with Gasteiger partial charge in [0.25, 0.3) is 5.91 Å². The topological polar surface area (TPSA) is 108 Å². The van der Waals surface area contributed by atoms with Crippen LogP contribution in [-0.4, -0.2) is 46.1 Å². The number of phenols is 1. The Morgan fingerprint density at radius 3 is 2.09 bits per heavy atom. The van der Waals surface area contributed by atoms with Crippen molar-refractivity contribution in [2.75, 3.05) is 11.9 Å². The number of carbonyl (C=O) groups is 3. The third kappa shape index (κ3) is 9.33. The summed E-state index contributed by atoms with van der Waals surface area (Å²) in [6.45, 7) is 15.4. The summed E-state index contributed by atoms with van der Waals surface area (Å²) in [5, 5.41) is 15.7. The average molecular weight is 602 g/mol. The molecule has 0 spiro atoms. The fraction of sp³-hybridized carbons (Fsp3) is 0.417. The van der Waals surface area contributed by atoms with Gasteiger partial charge in [-0.1, -0.05) is 61.9 Å². The summed E-state index contributed by atoms with van der Waals surface area (Å²) in [7, 11) is 0. The van der Waals surface area contributed by atoms with Crippen molar-refractivity contribution in [3.8, 4) is 5.75 Å². The second-order valence-corrected chi connectivity index (χ2v) is 12.5. The molecular formula is C36H47N3O5. The molecule has 0 aliphatic carbocycles. The van der Waals surface area contributed by atoms with E-state index in [9.17, 15) is 19.5 Å². The molecule has 8 nitrogen and oxygen atoms in total. The zero-order valence-corrected chi connectivity index (χ0v) is 27.3. The Hall–Kier alpha value is -4.33. The number of nitrogens with one attached hydrogen (secondary N) is 2. The van der Waals surface area contributed by atoms with Crippen LogP contribution >= 0.6 is 0 Å². The normalized spacial score (nSPS) is 12.6. The number of hydrogen-bond donors (Lipinski definition) is 3. The average Bonchev–Trinajstić information content (AvgIpc) is 2.94. The van der Waals surface area contributed by atoms with Crippen LogP contribution in [0.2, 0.25) is 0 Å². The number of amides is 3. The molecule has 236 valence electrons. The molecule has 0 heterocycles. The lowest BCUT2D eigenvalue weighted by Gasteiger charge is -2.35. The maximum Gasteiger partial charge on any atom is 0.408 e. The molecule has 2 atom stereocenters. The van der Waals surface area contributed by atoms with Crippen molar-refractivity contribution in [1.82, 2.24) is 10.2 Å². The van der Waals surface area contributed by atoms with Crippen molar-refractivity contribution < 1.29 is 24.2 Å². The number of rotatable bonds is 11. The zero-order valence-electron chi connectivity index (χ0n) is 27.3. The van der Waals surface area contributed by atoms with Crippen LogP contribution in [0.1, 0.15) is 80.0 Å².